The van der Waals surface area contributed by atoms with Crippen molar-refractivity contribution >= 4 is 35.1 Å². The average molecular weight is 436 g/mol. The Morgan fingerprint density at radius 1 is 1.20 bits per heavy atom. The number of urea groups is 1. The summed E-state index contributed by atoms with van der Waals surface area (Å²) < 4.78 is 23.7. The van der Waals surface area contributed by atoms with Crippen LogP contribution in [0.15, 0.2) is 36.4 Å². The van der Waals surface area contributed by atoms with Gasteiger partial charge in [0.25, 0.3) is 5.91 Å². The Balaban J connectivity index is 1.78. The van der Waals surface area contributed by atoms with Crippen LogP contribution in [0.5, 0.6) is 11.5 Å². The fraction of sp³-hybridized carbons (Fsp3) is 0.250. The van der Waals surface area contributed by atoms with Crippen molar-refractivity contribution in [2.75, 3.05) is 26.1 Å². The molecule has 4 amide bonds. The Morgan fingerprint density at radius 3 is 2.57 bits per heavy atom. The molecular formula is C20H19ClFN3O5. The second kappa shape index (κ2) is 8.19. The molecule has 30 heavy (non-hydrogen) atoms. The van der Waals surface area contributed by atoms with Crippen molar-refractivity contribution in [2.45, 2.75) is 12.5 Å². The quantitative estimate of drug-likeness (QED) is 0.680. The number of carbonyl (C=O) groups is 3. The van der Waals surface area contributed by atoms with Gasteiger partial charge in [0, 0.05) is 16.7 Å². The van der Waals surface area contributed by atoms with E-state index in [9.17, 15) is 18.8 Å². The normalized spacial score (nSPS) is 18.2. The molecule has 3 rings (SSSR count). The summed E-state index contributed by atoms with van der Waals surface area (Å²) in [6.07, 6.45) is 0. The van der Waals surface area contributed by atoms with E-state index in [0.29, 0.717) is 17.2 Å². The number of nitrogens with zero attached hydrogens (tertiary/aromatic N) is 1. The predicted octanol–water partition coefficient (Wildman–Crippen LogP) is 2.90. The van der Waals surface area contributed by atoms with E-state index in [0.717, 1.165) is 17.0 Å². The molecule has 10 heteroatoms. The molecule has 8 nitrogen and oxygen atoms in total. The summed E-state index contributed by atoms with van der Waals surface area (Å²) in [4.78, 5) is 38.6. The summed E-state index contributed by atoms with van der Waals surface area (Å²) in [6.45, 7) is 0.908. The first kappa shape index (κ1) is 21.4. The van der Waals surface area contributed by atoms with E-state index in [-0.39, 0.29) is 10.6 Å². The van der Waals surface area contributed by atoms with Gasteiger partial charge in [-0.3, -0.25) is 14.5 Å². The maximum Gasteiger partial charge on any atom is 0.325 e. The maximum atomic E-state index is 13.4. The summed E-state index contributed by atoms with van der Waals surface area (Å²) in [7, 11) is 2.93. The minimum atomic E-state index is -1.53. The number of amides is 4. The van der Waals surface area contributed by atoms with Gasteiger partial charge in [-0.25, -0.2) is 9.18 Å². The predicted molar refractivity (Wildman–Crippen MR) is 107 cm³/mol. The zero-order valence-electron chi connectivity index (χ0n) is 16.4. The lowest BCUT2D eigenvalue weighted by molar-refractivity contribution is -0.133. The monoisotopic (exact) mass is 435 g/mol. The van der Waals surface area contributed by atoms with E-state index in [1.165, 1.54) is 27.2 Å². The van der Waals surface area contributed by atoms with E-state index >= 15 is 0 Å². The van der Waals surface area contributed by atoms with Crippen LogP contribution < -0.4 is 20.1 Å². The lowest BCUT2D eigenvalue weighted by Crippen LogP contribution is -2.42. The third kappa shape index (κ3) is 3.88. The lowest BCUT2D eigenvalue weighted by Gasteiger charge is -2.23. The van der Waals surface area contributed by atoms with E-state index < -0.39 is 35.7 Å². The van der Waals surface area contributed by atoms with E-state index in [4.69, 9.17) is 21.1 Å². The largest absolute Gasteiger partial charge is 0.497 e. The Bertz CT molecular complexity index is 1030. The van der Waals surface area contributed by atoms with Gasteiger partial charge < -0.3 is 20.1 Å². The van der Waals surface area contributed by atoms with Crippen LogP contribution in [0, 0.1) is 5.82 Å². The van der Waals surface area contributed by atoms with E-state index in [1.807, 2.05) is 0 Å². The van der Waals surface area contributed by atoms with Crippen LogP contribution in [0.2, 0.25) is 5.02 Å². The Labute approximate surface area is 176 Å². The fourth-order valence-electron chi connectivity index (χ4n) is 3.15. The second-order valence-corrected chi connectivity index (χ2v) is 7.09. The van der Waals surface area contributed by atoms with Gasteiger partial charge in [-0.15, -0.1) is 0 Å². The number of hydrogen-bond acceptors (Lipinski definition) is 5. The van der Waals surface area contributed by atoms with Crippen LogP contribution in [0.25, 0.3) is 0 Å². The molecule has 0 aliphatic carbocycles. The van der Waals surface area contributed by atoms with Crippen molar-refractivity contribution in [3.05, 3.63) is 52.8 Å². The van der Waals surface area contributed by atoms with E-state index in [2.05, 4.69) is 10.6 Å². The van der Waals surface area contributed by atoms with Gasteiger partial charge in [-0.1, -0.05) is 17.7 Å². The molecule has 1 unspecified atom stereocenters. The summed E-state index contributed by atoms with van der Waals surface area (Å²) in [5.41, 5.74) is -0.955. The van der Waals surface area contributed by atoms with Crippen LogP contribution >= 0.6 is 11.6 Å². The number of carbonyl (C=O) groups excluding carboxylic acids is 3. The first-order valence-corrected chi connectivity index (χ1v) is 9.19. The van der Waals surface area contributed by atoms with Crippen LogP contribution in [0.3, 0.4) is 0 Å². The third-order valence-corrected chi connectivity index (χ3v) is 5.04. The van der Waals surface area contributed by atoms with Crippen LogP contribution in [0.4, 0.5) is 14.9 Å². The Kier molecular flexibility index (Phi) is 5.84. The summed E-state index contributed by atoms with van der Waals surface area (Å²) >= 11 is 6.07. The Morgan fingerprint density at radius 2 is 1.93 bits per heavy atom. The summed E-state index contributed by atoms with van der Waals surface area (Å²) in [6, 6.07) is 7.52. The van der Waals surface area contributed by atoms with Gasteiger partial charge in [0.1, 0.15) is 29.4 Å². The number of benzene rings is 2. The molecule has 0 bridgehead atoms. The maximum absolute atomic E-state index is 13.4. The van der Waals surface area contributed by atoms with Gasteiger partial charge >= 0.3 is 6.03 Å². The van der Waals surface area contributed by atoms with Crippen molar-refractivity contribution in [3.63, 3.8) is 0 Å². The zero-order valence-corrected chi connectivity index (χ0v) is 17.2. The molecule has 1 atom stereocenters. The number of imide groups is 1. The van der Waals surface area contributed by atoms with Gasteiger partial charge in [0.15, 0.2) is 0 Å². The zero-order chi connectivity index (χ0) is 22.1. The highest BCUT2D eigenvalue weighted by Crippen LogP contribution is 2.34. The van der Waals surface area contributed by atoms with Gasteiger partial charge in [-0.2, -0.15) is 0 Å². The molecule has 1 aliphatic rings. The van der Waals surface area contributed by atoms with Crippen molar-refractivity contribution < 1.29 is 28.2 Å². The molecule has 1 heterocycles. The SMILES string of the molecule is COc1ccc(NC(=O)CN2C(=O)NC(C)(c3ccc(F)cc3Cl)C2=O)c(OC)c1. The highest BCUT2D eigenvalue weighted by atomic mass is 35.5. The number of rotatable bonds is 6. The van der Waals surface area contributed by atoms with Crippen LogP contribution in [0.1, 0.15) is 12.5 Å². The number of nitrogens with one attached hydrogen (secondary N) is 2. The van der Waals surface area contributed by atoms with Crippen LogP contribution in [-0.2, 0) is 15.1 Å². The smallest absolute Gasteiger partial charge is 0.325 e. The van der Waals surface area contributed by atoms with E-state index in [1.54, 1.807) is 18.2 Å². The number of ether oxygens (including phenoxy) is 2. The number of hydrogen-bond donors (Lipinski definition) is 2. The van der Waals surface area contributed by atoms with Crippen molar-refractivity contribution in [1.82, 2.24) is 10.2 Å². The number of halogens is 2. The minimum Gasteiger partial charge on any atom is -0.497 e. The first-order valence-electron chi connectivity index (χ1n) is 8.81. The molecule has 0 aromatic heterocycles. The Hall–Kier alpha value is -3.33. The van der Waals surface area contributed by atoms with Crippen LogP contribution in [-0.4, -0.2) is 43.5 Å². The minimum absolute atomic E-state index is 0.0135. The van der Waals surface area contributed by atoms with Crippen molar-refractivity contribution in [1.29, 1.82) is 0 Å². The van der Waals surface area contributed by atoms with Crippen molar-refractivity contribution in [2.24, 2.45) is 0 Å². The second-order valence-electron chi connectivity index (χ2n) is 6.69. The molecule has 2 aromatic rings. The molecule has 0 spiro atoms. The summed E-state index contributed by atoms with van der Waals surface area (Å²) in [5, 5.41) is 5.11. The molecule has 158 valence electrons. The topological polar surface area (TPSA) is 97.0 Å². The summed E-state index contributed by atoms with van der Waals surface area (Å²) in [5.74, 6) is -0.989. The highest BCUT2D eigenvalue weighted by Gasteiger charge is 2.50. The molecular weight excluding hydrogens is 417 g/mol. The van der Waals surface area contributed by atoms with Gasteiger partial charge in [0.2, 0.25) is 5.91 Å². The number of anilines is 1. The average Bonchev–Trinajstić information content (AvgIpc) is 2.91. The first-order chi connectivity index (χ1) is 14.2. The highest BCUT2D eigenvalue weighted by molar-refractivity contribution is 6.32. The fourth-order valence-corrected chi connectivity index (χ4v) is 3.51. The molecule has 2 aromatic carbocycles. The standard InChI is InChI=1S/C20H19ClFN3O5/c1-20(13-6-4-11(22)8-14(13)21)18(27)25(19(28)24-20)10-17(26)23-15-7-5-12(29-2)9-16(15)30-3/h4-9H,10H2,1-3H3,(H,23,26)(H,24,28). The molecule has 0 radical (unpaired) electrons. The lowest BCUT2D eigenvalue weighted by atomic mass is 9.92. The molecule has 0 saturated carbocycles. The number of methoxy groups -OCH3 is 2. The molecule has 1 aliphatic heterocycles. The molecule has 2 N–H and O–H groups in total. The third-order valence-electron chi connectivity index (χ3n) is 4.73. The molecule has 1 fully saturated rings. The molecule has 1 saturated heterocycles. The van der Waals surface area contributed by atoms with Crippen molar-refractivity contribution in [3.8, 4) is 11.5 Å². The van der Waals surface area contributed by atoms with Gasteiger partial charge in [-0.05, 0) is 31.2 Å². The van der Waals surface area contributed by atoms with Gasteiger partial charge in [0.05, 0.1) is 19.9 Å².